The predicted molar refractivity (Wildman–Crippen MR) is 185 cm³/mol. The zero-order chi connectivity index (χ0) is 30.8. The van der Waals surface area contributed by atoms with E-state index in [2.05, 4.69) is 96.7 Å². The molecule has 3 aliphatic rings. The molecule has 1 aliphatic heterocycles. The molecule has 9 rings (SSSR count). The van der Waals surface area contributed by atoms with E-state index >= 15 is 0 Å². The van der Waals surface area contributed by atoms with Crippen molar-refractivity contribution in [3.8, 4) is 34.2 Å². The van der Waals surface area contributed by atoms with E-state index in [0.29, 0.717) is 17.5 Å². The van der Waals surface area contributed by atoms with Gasteiger partial charge in [-0.05, 0) is 46.5 Å². The van der Waals surface area contributed by atoms with Gasteiger partial charge in [-0.3, -0.25) is 4.98 Å². The molecule has 4 aromatic carbocycles. The van der Waals surface area contributed by atoms with Gasteiger partial charge in [0.25, 0.3) is 0 Å². The standard InChI is InChI=1S/C41H31N5/c1-41(2)32-22-23-42-25-31(32)36-33(41)20-21-35-37(36)30-18-9-10-19-34(30)46(35)29-17-11-16-28(24-29)40-44-38(26-12-5-3-6-13-26)43-39(45-40)27-14-7-4-8-15-27/h3-25,35,37H,1-2H3. The molecule has 2 unspecified atom stereocenters. The molecule has 5 heteroatoms. The summed E-state index contributed by atoms with van der Waals surface area (Å²) < 4.78 is 0. The Balaban J connectivity index is 1.18. The number of hydrogen-bond donors (Lipinski definition) is 0. The Hall–Kier alpha value is -5.68. The maximum Gasteiger partial charge on any atom is 0.164 e. The highest BCUT2D eigenvalue weighted by molar-refractivity contribution is 5.92. The van der Waals surface area contributed by atoms with Crippen LogP contribution in [0.2, 0.25) is 0 Å². The summed E-state index contributed by atoms with van der Waals surface area (Å²) in [5, 5.41) is 0. The molecule has 0 fully saturated rings. The lowest BCUT2D eigenvalue weighted by Gasteiger charge is -2.33. The second-order valence-electron chi connectivity index (χ2n) is 12.7. The van der Waals surface area contributed by atoms with Gasteiger partial charge in [-0.25, -0.2) is 15.0 Å². The van der Waals surface area contributed by atoms with Crippen molar-refractivity contribution >= 4 is 16.9 Å². The summed E-state index contributed by atoms with van der Waals surface area (Å²) in [5.74, 6) is 2.18. The van der Waals surface area contributed by atoms with Crippen LogP contribution in [0.1, 0.15) is 36.5 Å². The van der Waals surface area contributed by atoms with Crippen molar-refractivity contribution in [2.75, 3.05) is 4.90 Å². The number of nitrogens with zero attached hydrogens (tertiary/aromatic N) is 5. The molecule has 220 valence electrons. The van der Waals surface area contributed by atoms with Gasteiger partial charge in [-0.15, -0.1) is 0 Å². The summed E-state index contributed by atoms with van der Waals surface area (Å²) in [7, 11) is 0. The second-order valence-corrected chi connectivity index (χ2v) is 12.7. The molecule has 0 amide bonds. The van der Waals surface area contributed by atoms with Crippen molar-refractivity contribution in [1.29, 1.82) is 0 Å². The van der Waals surface area contributed by atoms with E-state index in [0.717, 1.165) is 22.4 Å². The lowest BCUT2D eigenvalue weighted by Crippen LogP contribution is -2.31. The number of rotatable bonds is 4. The topological polar surface area (TPSA) is 54.8 Å². The lowest BCUT2D eigenvalue weighted by molar-refractivity contribution is 0.644. The largest absolute Gasteiger partial charge is 0.333 e. The zero-order valence-corrected chi connectivity index (χ0v) is 25.7. The van der Waals surface area contributed by atoms with Gasteiger partial charge < -0.3 is 4.90 Å². The maximum atomic E-state index is 5.01. The fourth-order valence-corrected chi connectivity index (χ4v) is 7.64. The van der Waals surface area contributed by atoms with Gasteiger partial charge >= 0.3 is 0 Å². The predicted octanol–water partition coefficient (Wildman–Crippen LogP) is 9.19. The van der Waals surface area contributed by atoms with Gasteiger partial charge in [-0.1, -0.05) is 117 Å². The Labute approximate surface area is 268 Å². The average molecular weight is 594 g/mol. The van der Waals surface area contributed by atoms with Crippen LogP contribution >= 0.6 is 0 Å². The van der Waals surface area contributed by atoms with Crippen molar-refractivity contribution in [2.24, 2.45) is 0 Å². The summed E-state index contributed by atoms with van der Waals surface area (Å²) in [5.41, 5.74) is 11.9. The molecule has 2 aromatic heterocycles. The Morgan fingerprint density at radius 1 is 0.652 bits per heavy atom. The van der Waals surface area contributed by atoms with E-state index in [1.165, 1.54) is 33.5 Å². The minimum absolute atomic E-state index is 0.0665. The van der Waals surface area contributed by atoms with E-state index in [4.69, 9.17) is 15.0 Å². The molecule has 6 aromatic rings. The Kier molecular flexibility index (Phi) is 5.91. The van der Waals surface area contributed by atoms with Crippen LogP contribution in [0.3, 0.4) is 0 Å². The molecule has 0 N–H and O–H groups in total. The summed E-state index contributed by atoms with van der Waals surface area (Å²) in [6, 6.07) is 40.1. The van der Waals surface area contributed by atoms with Crippen molar-refractivity contribution in [3.63, 3.8) is 0 Å². The third kappa shape index (κ3) is 4.01. The molecule has 3 heterocycles. The monoisotopic (exact) mass is 593 g/mol. The first-order valence-electron chi connectivity index (χ1n) is 15.8. The summed E-state index contributed by atoms with van der Waals surface area (Å²) in [4.78, 5) is 22.0. The first kappa shape index (κ1) is 26.7. The molecule has 2 atom stereocenters. The first-order chi connectivity index (χ1) is 22.6. The van der Waals surface area contributed by atoms with Crippen LogP contribution in [-0.4, -0.2) is 26.0 Å². The molecule has 5 nitrogen and oxygen atoms in total. The van der Waals surface area contributed by atoms with E-state index < -0.39 is 0 Å². The molecular formula is C41H31N5. The number of allylic oxidation sites excluding steroid dienone is 2. The molecule has 0 spiro atoms. The number of fused-ring (bicyclic) bond motifs is 6. The second kappa shape index (κ2) is 10.2. The minimum atomic E-state index is -0.0665. The molecular weight excluding hydrogens is 562 g/mol. The fourth-order valence-electron chi connectivity index (χ4n) is 7.64. The molecule has 0 radical (unpaired) electrons. The molecule has 2 aliphatic carbocycles. The van der Waals surface area contributed by atoms with Gasteiger partial charge in [0.1, 0.15) is 0 Å². The van der Waals surface area contributed by atoms with Crippen LogP contribution in [0.25, 0.3) is 39.7 Å². The number of aromatic nitrogens is 4. The SMILES string of the molecule is CC1(C)C2=C(c3cnccc31)C1c3ccccc3N(c3cccc(-c4nc(-c5ccccc5)nc(-c5ccccc5)n4)c3)C1C=C2. The smallest absolute Gasteiger partial charge is 0.164 e. The van der Waals surface area contributed by atoms with Gasteiger partial charge in [0, 0.05) is 57.4 Å². The number of pyridine rings is 1. The summed E-state index contributed by atoms with van der Waals surface area (Å²) in [6.45, 7) is 4.67. The van der Waals surface area contributed by atoms with Crippen LogP contribution in [0, 0.1) is 0 Å². The van der Waals surface area contributed by atoms with Crippen LogP contribution in [0.4, 0.5) is 11.4 Å². The molecule has 0 saturated carbocycles. The highest BCUT2D eigenvalue weighted by Gasteiger charge is 2.48. The highest BCUT2D eigenvalue weighted by Crippen LogP contribution is 2.59. The van der Waals surface area contributed by atoms with E-state index in [9.17, 15) is 0 Å². The summed E-state index contributed by atoms with van der Waals surface area (Å²) >= 11 is 0. The number of para-hydroxylation sites is 1. The third-order valence-electron chi connectivity index (χ3n) is 9.77. The third-order valence-corrected chi connectivity index (χ3v) is 9.77. The van der Waals surface area contributed by atoms with Crippen molar-refractivity contribution in [2.45, 2.75) is 31.2 Å². The first-order valence-corrected chi connectivity index (χ1v) is 15.8. The maximum absolute atomic E-state index is 5.01. The van der Waals surface area contributed by atoms with Gasteiger partial charge in [0.2, 0.25) is 0 Å². The number of hydrogen-bond acceptors (Lipinski definition) is 5. The number of benzene rings is 4. The normalized spacial score (nSPS) is 18.6. The van der Waals surface area contributed by atoms with E-state index in [1.807, 2.05) is 66.9 Å². The van der Waals surface area contributed by atoms with Crippen molar-refractivity contribution < 1.29 is 0 Å². The zero-order valence-electron chi connectivity index (χ0n) is 25.7. The molecule has 0 bridgehead atoms. The van der Waals surface area contributed by atoms with Crippen LogP contribution in [0.15, 0.2) is 145 Å². The van der Waals surface area contributed by atoms with E-state index in [1.54, 1.807) is 0 Å². The fraction of sp³-hybridized carbons (Fsp3) is 0.122. The highest BCUT2D eigenvalue weighted by atomic mass is 15.2. The van der Waals surface area contributed by atoms with Crippen LogP contribution in [-0.2, 0) is 5.41 Å². The lowest BCUT2D eigenvalue weighted by atomic mass is 9.76. The van der Waals surface area contributed by atoms with Gasteiger partial charge in [-0.2, -0.15) is 0 Å². The Morgan fingerprint density at radius 3 is 2.00 bits per heavy atom. The molecule has 0 saturated heterocycles. The van der Waals surface area contributed by atoms with Crippen LogP contribution in [0.5, 0.6) is 0 Å². The van der Waals surface area contributed by atoms with Crippen molar-refractivity contribution in [3.05, 3.63) is 162 Å². The molecule has 46 heavy (non-hydrogen) atoms. The average Bonchev–Trinajstić information content (AvgIpc) is 3.58. The van der Waals surface area contributed by atoms with Gasteiger partial charge in [0.15, 0.2) is 17.5 Å². The quantitative estimate of drug-likeness (QED) is 0.204. The van der Waals surface area contributed by atoms with Gasteiger partial charge in [0.05, 0.1) is 6.04 Å². The minimum Gasteiger partial charge on any atom is -0.333 e. The summed E-state index contributed by atoms with van der Waals surface area (Å²) in [6.07, 6.45) is 8.76. The number of anilines is 2. The van der Waals surface area contributed by atoms with Crippen LogP contribution < -0.4 is 4.90 Å². The van der Waals surface area contributed by atoms with E-state index in [-0.39, 0.29) is 17.4 Å². The Morgan fingerprint density at radius 2 is 1.28 bits per heavy atom. The Bertz CT molecular complexity index is 2140. The van der Waals surface area contributed by atoms with Crippen molar-refractivity contribution in [1.82, 2.24) is 19.9 Å².